The van der Waals surface area contributed by atoms with E-state index in [1.165, 1.54) is 6.07 Å². The number of nitrogens with zero attached hydrogens (tertiary/aromatic N) is 1. The van der Waals surface area contributed by atoms with Crippen molar-refractivity contribution in [2.24, 2.45) is 0 Å². The number of hydrogen-bond acceptors (Lipinski definition) is 2. The van der Waals surface area contributed by atoms with Gasteiger partial charge in [0.2, 0.25) is 5.88 Å². The van der Waals surface area contributed by atoms with Gasteiger partial charge in [0, 0.05) is 12.3 Å². The lowest BCUT2D eigenvalue weighted by molar-refractivity contribution is -0.137. The quantitative estimate of drug-likeness (QED) is 0.725. The van der Waals surface area contributed by atoms with E-state index in [1.807, 2.05) is 6.92 Å². The van der Waals surface area contributed by atoms with E-state index >= 15 is 0 Å². The van der Waals surface area contributed by atoms with Crippen LogP contribution in [0.15, 0.2) is 18.3 Å². The molecule has 0 N–H and O–H groups in total. The molecule has 5 heteroatoms. The number of pyridine rings is 1. The van der Waals surface area contributed by atoms with Gasteiger partial charge in [-0.05, 0) is 12.5 Å². The Morgan fingerprint density at radius 3 is 2.53 bits per heavy atom. The Morgan fingerprint density at radius 2 is 2.07 bits per heavy atom. The number of aromatic nitrogens is 1. The van der Waals surface area contributed by atoms with Crippen LogP contribution in [0, 0.1) is 0 Å². The topological polar surface area (TPSA) is 22.1 Å². The fraction of sp³-hybridized carbons (Fsp3) is 0.500. The summed E-state index contributed by atoms with van der Waals surface area (Å²) < 4.78 is 41.6. The molecule has 15 heavy (non-hydrogen) atoms. The van der Waals surface area contributed by atoms with Gasteiger partial charge in [-0.3, -0.25) is 0 Å². The largest absolute Gasteiger partial charge is 0.478 e. The summed E-state index contributed by atoms with van der Waals surface area (Å²) >= 11 is 0. The van der Waals surface area contributed by atoms with Crippen LogP contribution in [0.25, 0.3) is 0 Å². The predicted octanol–water partition coefficient (Wildman–Crippen LogP) is 3.28. The zero-order valence-corrected chi connectivity index (χ0v) is 8.34. The van der Waals surface area contributed by atoms with E-state index in [0.29, 0.717) is 6.61 Å². The summed E-state index contributed by atoms with van der Waals surface area (Å²) in [6, 6.07) is 2.20. The maximum Gasteiger partial charge on any atom is 0.417 e. The standard InChI is InChI=1S/C10H12F3NO/c1-2-3-6-15-9-5-4-8(7-14-9)10(11,12)13/h4-5,7H,2-3,6H2,1H3. The van der Waals surface area contributed by atoms with Gasteiger partial charge in [0.15, 0.2) is 0 Å². The van der Waals surface area contributed by atoms with Gasteiger partial charge in [0.1, 0.15) is 0 Å². The van der Waals surface area contributed by atoms with E-state index in [4.69, 9.17) is 4.74 Å². The first-order valence-electron chi connectivity index (χ1n) is 4.70. The molecular weight excluding hydrogens is 207 g/mol. The van der Waals surface area contributed by atoms with E-state index in [9.17, 15) is 13.2 Å². The van der Waals surface area contributed by atoms with Crippen LogP contribution in [0.2, 0.25) is 0 Å². The van der Waals surface area contributed by atoms with E-state index in [2.05, 4.69) is 4.98 Å². The monoisotopic (exact) mass is 219 g/mol. The SMILES string of the molecule is CCCCOc1ccc(C(F)(F)F)cn1. The Bertz CT molecular complexity index is 295. The van der Waals surface area contributed by atoms with Crippen LogP contribution in [0.4, 0.5) is 13.2 Å². The molecule has 0 spiro atoms. The fourth-order valence-corrected chi connectivity index (χ4v) is 0.954. The normalized spacial score (nSPS) is 11.5. The maximum atomic E-state index is 12.1. The summed E-state index contributed by atoms with van der Waals surface area (Å²) in [5.74, 6) is 0.233. The number of ether oxygens (including phenoxy) is 1. The Balaban J connectivity index is 2.57. The Hall–Kier alpha value is -1.26. The molecule has 0 atom stereocenters. The summed E-state index contributed by atoms with van der Waals surface area (Å²) in [6.07, 6.45) is -1.72. The molecule has 1 heterocycles. The smallest absolute Gasteiger partial charge is 0.417 e. The van der Waals surface area contributed by atoms with Crippen molar-refractivity contribution in [1.82, 2.24) is 4.98 Å². The van der Waals surface area contributed by atoms with E-state index in [1.54, 1.807) is 0 Å². The zero-order chi connectivity index (χ0) is 11.3. The van der Waals surface area contributed by atoms with Crippen LogP contribution in [0.5, 0.6) is 5.88 Å². The van der Waals surface area contributed by atoms with Crippen LogP contribution in [0.3, 0.4) is 0 Å². The molecule has 0 amide bonds. The van der Waals surface area contributed by atoms with Crippen molar-refractivity contribution in [3.63, 3.8) is 0 Å². The van der Waals surface area contributed by atoms with Crippen molar-refractivity contribution in [3.05, 3.63) is 23.9 Å². The molecule has 1 aromatic heterocycles. The number of halogens is 3. The molecule has 0 unspecified atom stereocenters. The van der Waals surface area contributed by atoms with E-state index in [-0.39, 0.29) is 5.88 Å². The van der Waals surface area contributed by atoms with Crippen molar-refractivity contribution in [2.75, 3.05) is 6.61 Å². The lowest BCUT2D eigenvalue weighted by Gasteiger charge is -2.07. The van der Waals surface area contributed by atoms with Crippen molar-refractivity contribution in [1.29, 1.82) is 0 Å². The average molecular weight is 219 g/mol. The van der Waals surface area contributed by atoms with Crippen molar-refractivity contribution < 1.29 is 17.9 Å². The molecule has 1 rings (SSSR count). The van der Waals surface area contributed by atoms with Crippen molar-refractivity contribution in [3.8, 4) is 5.88 Å². The van der Waals surface area contributed by atoms with Gasteiger partial charge >= 0.3 is 6.18 Å². The van der Waals surface area contributed by atoms with E-state index in [0.717, 1.165) is 25.1 Å². The Kier molecular flexibility index (Phi) is 3.94. The molecule has 0 aliphatic heterocycles. The second-order valence-electron chi connectivity index (χ2n) is 3.08. The van der Waals surface area contributed by atoms with Crippen LogP contribution in [-0.4, -0.2) is 11.6 Å². The molecule has 0 saturated carbocycles. The summed E-state index contributed by atoms with van der Waals surface area (Å²) in [6.45, 7) is 2.48. The highest BCUT2D eigenvalue weighted by Crippen LogP contribution is 2.29. The number of hydrogen-bond donors (Lipinski definition) is 0. The minimum atomic E-state index is -4.34. The summed E-state index contributed by atoms with van der Waals surface area (Å²) in [5.41, 5.74) is -0.759. The fourth-order valence-electron chi connectivity index (χ4n) is 0.954. The highest BCUT2D eigenvalue weighted by atomic mass is 19.4. The molecular formula is C10H12F3NO. The minimum absolute atomic E-state index is 0.233. The summed E-state index contributed by atoms with van der Waals surface area (Å²) in [5, 5.41) is 0. The third-order valence-corrected chi connectivity index (χ3v) is 1.81. The van der Waals surface area contributed by atoms with Gasteiger partial charge in [-0.2, -0.15) is 13.2 Å². The van der Waals surface area contributed by atoms with Gasteiger partial charge in [-0.15, -0.1) is 0 Å². The van der Waals surface area contributed by atoms with Gasteiger partial charge in [-0.1, -0.05) is 13.3 Å². The first-order valence-corrected chi connectivity index (χ1v) is 4.70. The van der Waals surface area contributed by atoms with Gasteiger partial charge in [-0.25, -0.2) is 4.98 Å². The second kappa shape index (κ2) is 5.00. The predicted molar refractivity (Wildman–Crippen MR) is 49.6 cm³/mol. The Morgan fingerprint density at radius 1 is 1.33 bits per heavy atom. The third-order valence-electron chi connectivity index (χ3n) is 1.81. The molecule has 0 radical (unpaired) electrons. The average Bonchev–Trinajstić information content (AvgIpc) is 2.18. The van der Waals surface area contributed by atoms with Crippen molar-refractivity contribution in [2.45, 2.75) is 25.9 Å². The molecule has 84 valence electrons. The highest BCUT2D eigenvalue weighted by Gasteiger charge is 2.30. The molecule has 0 bridgehead atoms. The summed E-state index contributed by atoms with van der Waals surface area (Å²) in [7, 11) is 0. The molecule has 0 aromatic carbocycles. The highest BCUT2D eigenvalue weighted by molar-refractivity contribution is 5.19. The molecule has 0 aliphatic carbocycles. The van der Waals surface area contributed by atoms with Crippen molar-refractivity contribution >= 4 is 0 Å². The molecule has 2 nitrogen and oxygen atoms in total. The molecule has 0 fully saturated rings. The molecule has 1 aromatic rings. The Labute approximate surface area is 86.1 Å². The lowest BCUT2D eigenvalue weighted by Crippen LogP contribution is -2.06. The van der Waals surface area contributed by atoms with Crippen LogP contribution < -0.4 is 4.74 Å². The number of unbranched alkanes of at least 4 members (excludes halogenated alkanes) is 1. The second-order valence-corrected chi connectivity index (χ2v) is 3.08. The maximum absolute atomic E-state index is 12.1. The van der Waals surface area contributed by atoms with Crippen LogP contribution in [0.1, 0.15) is 25.3 Å². The minimum Gasteiger partial charge on any atom is -0.478 e. The van der Waals surface area contributed by atoms with Gasteiger partial charge in [0.25, 0.3) is 0 Å². The first-order chi connectivity index (χ1) is 7.04. The van der Waals surface area contributed by atoms with Gasteiger partial charge < -0.3 is 4.74 Å². The number of alkyl halides is 3. The van der Waals surface area contributed by atoms with E-state index < -0.39 is 11.7 Å². The first kappa shape index (κ1) is 11.8. The summed E-state index contributed by atoms with van der Waals surface area (Å²) in [4.78, 5) is 3.57. The van der Waals surface area contributed by atoms with Gasteiger partial charge in [0.05, 0.1) is 12.2 Å². The van der Waals surface area contributed by atoms with Crippen LogP contribution in [-0.2, 0) is 6.18 Å². The lowest BCUT2D eigenvalue weighted by atomic mass is 10.3. The van der Waals surface area contributed by atoms with Crippen LogP contribution >= 0.6 is 0 Å². The molecule has 0 aliphatic rings. The number of rotatable bonds is 4. The molecule has 0 saturated heterocycles. The zero-order valence-electron chi connectivity index (χ0n) is 8.34. The third kappa shape index (κ3) is 3.77.